The van der Waals surface area contributed by atoms with Gasteiger partial charge in [-0.1, -0.05) is 69.5 Å². The first-order chi connectivity index (χ1) is 15.2. The van der Waals surface area contributed by atoms with Crippen LogP contribution in [-0.4, -0.2) is 25.2 Å². The van der Waals surface area contributed by atoms with E-state index in [4.69, 9.17) is 23.2 Å². The number of halogens is 3. The molecule has 0 heterocycles. The summed E-state index contributed by atoms with van der Waals surface area (Å²) in [6, 6.07) is 20.0. The van der Waals surface area contributed by atoms with Gasteiger partial charge in [0.05, 0.1) is 17.5 Å². The van der Waals surface area contributed by atoms with Crippen molar-refractivity contribution in [3.63, 3.8) is 0 Å². The third-order valence-electron chi connectivity index (χ3n) is 4.82. The Kier molecular flexibility index (Phi) is 8.36. The number of carbonyl (C=O) groups is 1. The minimum Gasteiger partial charge on any atom is -0.348 e. The SMILES string of the molecule is C[C@H](NC(=O)CN(Cc1ccccc1Cl)S(=O)(=O)c1ccc(Cl)cc1)c1ccc(Br)cc1. The Morgan fingerprint density at radius 3 is 2.25 bits per heavy atom. The van der Waals surface area contributed by atoms with Crippen molar-refractivity contribution in [1.29, 1.82) is 0 Å². The summed E-state index contributed by atoms with van der Waals surface area (Å²) in [6.45, 7) is 1.43. The maximum atomic E-state index is 13.3. The molecule has 3 rings (SSSR count). The summed E-state index contributed by atoms with van der Waals surface area (Å²) in [7, 11) is -3.98. The Labute approximate surface area is 206 Å². The molecule has 1 atom stereocenters. The number of nitrogens with zero attached hydrogens (tertiary/aromatic N) is 1. The number of amides is 1. The Balaban J connectivity index is 1.84. The molecular formula is C23H21BrCl2N2O3S. The molecule has 0 saturated carbocycles. The molecule has 32 heavy (non-hydrogen) atoms. The fraction of sp³-hybridized carbons (Fsp3) is 0.174. The first-order valence-corrected chi connectivity index (χ1v) is 12.7. The van der Waals surface area contributed by atoms with Gasteiger partial charge in [0.25, 0.3) is 0 Å². The summed E-state index contributed by atoms with van der Waals surface area (Å²) in [6.07, 6.45) is 0. The van der Waals surface area contributed by atoms with Crippen molar-refractivity contribution in [1.82, 2.24) is 9.62 Å². The van der Waals surface area contributed by atoms with Crippen LogP contribution in [0.1, 0.15) is 24.1 Å². The van der Waals surface area contributed by atoms with E-state index in [-0.39, 0.29) is 24.0 Å². The number of benzene rings is 3. The van der Waals surface area contributed by atoms with Crippen molar-refractivity contribution in [2.24, 2.45) is 0 Å². The second kappa shape index (κ2) is 10.8. The van der Waals surface area contributed by atoms with Crippen LogP contribution >= 0.6 is 39.1 Å². The van der Waals surface area contributed by atoms with Gasteiger partial charge >= 0.3 is 0 Å². The quantitative estimate of drug-likeness (QED) is 0.380. The van der Waals surface area contributed by atoms with E-state index in [9.17, 15) is 13.2 Å². The predicted molar refractivity (Wildman–Crippen MR) is 131 cm³/mol. The van der Waals surface area contributed by atoms with Crippen LogP contribution in [0.4, 0.5) is 0 Å². The highest BCUT2D eigenvalue weighted by molar-refractivity contribution is 9.10. The molecule has 0 spiro atoms. The lowest BCUT2D eigenvalue weighted by atomic mass is 10.1. The third-order valence-corrected chi connectivity index (χ3v) is 7.78. The lowest BCUT2D eigenvalue weighted by Gasteiger charge is -2.24. The van der Waals surface area contributed by atoms with E-state index < -0.39 is 15.9 Å². The van der Waals surface area contributed by atoms with Crippen LogP contribution in [0.5, 0.6) is 0 Å². The molecule has 0 bridgehead atoms. The zero-order chi connectivity index (χ0) is 23.3. The maximum Gasteiger partial charge on any atom is 0.243 e. The summed E-state index contributed by atoms with van der Waals surface area (Å²) in [5.74, 6) is -0.426. The van der Waals surface area contributed by atoms with Crippen LogP contribution < -0.4 is 5.32 Å². The van der Waals surface area contributed by atoms with Gasteiger partial charge in [0, 0.05) is 21.1 Å². The molecule has 0 unspecified atom stereocenters. The Morgan fingerprint density at radius 1 is 1.00 bits per heavy atom. The third kappa shape index (κ3) is 6.33. The van der Waals surface area contributed by atoms with E-state index in [1.165, 1.54) is 24.3 Å². The highest BCUT2D eigenvalue weighted by Gasteiger charge is 2.28. The lowest BCUT2D eigenvalue weighted by Crippen LogP contribution is -2.41. The molecule has 0 radical (unpaired) electrons. The molecule has 3 aromatic rings. The number of sulfonamides is 1. The van der Waals surface area contributed by atoms with Crippen LogP contribution in [0.2, 0.25) is 10.0 Å². The van der Waals surface area contributed by atoms with Crippen molar-refractivity contribution in [2.75, 3.05) is 6.54 Å². The summed E-state index contributed by atoms with van der Waals surface area (Å²) in [4.78, 5) is 12.9. The average Bonchev–Trinajstić information content (AvgIpc) is 2.75. The van der Waals surface area contributed by atoms with Crippen LogP contribution in [0, 0.1) is 0 Å². The summed E-state index contributed by atoms with van der Waals surface area (Å²) >= 11 is 15.5. The molecule has 9 heteroatoms. The Morgan fingerprint density at radius 2 is 1.62 bits per heavy atom. The zero-order valence-corrected chi connectivity index (χ0v) is 21.0. The van der Waals surface area contributed by atoms with Gasteiger partial charge in [-0.25, -0.2) is 8.42 Å². The smallest absolute Gasteiger partial charge is 0.243 e. The summed E-state index contributed by atoms with van der Waals surface area (Å²) in [5, 5.41) is 3.71. The second-order valence-corrected chi connectivity index (χ2v) is 10.9. The van der Waals surface area contributed by atoms with Crippen LogP contribution in [0.25, 0.3) is 0 Å². The molecule has 168 valence electrons. The first-order valence-electron chi connectivity index (χ1n) is 9.71. The standard InChI is InChI=1S/C23H21BrCl2N2O3S/c1-16(17-6-8-19(24)9-7-17)27-23(29)15-28(14-18-4-2-3-5-22(18)26)32(30,31)21-12-10-20(25)11-13-21/h2-13,16H,14-15H2,1H3,(H,27,29)/t16-/m0/s1. The molecule has 1 N–H and O–H groups in total. The van der Waals surface area contributed by atoms with Gasteiger partial charge in [-0.2, -0.15) is 4.31 Å². The van der Waals surface area contributed by atoms with Crippen LogP contribution in [-0.2, 0) is 21.4 Å². The maximum absolute atomic E-state index is 13.3. The van der Waals surface area contributed by atoms with E-state index in [1.807, 2.05) is 31.2 Å². The van der Waals surface area contributed by atoms with E-state index in [0.717, 1.165) is 14.3 Å². The highest BCUT2D eigenvalue weighted by Crippen LogP contribution is 2.24. The van der Waals surface area contributed by atoms with Gasteiger partial charge in [-0.15, -0.1) is 0 Å². The van der Waals surface area contributed by atoms with E-state index in [1.54, 1.807) is 24.3 Å². The fourth-order valence-corrected chi connectivity index (χ4v) is 5.04. The molecule has 0 aliphatic rings. The molecule has 0 saturated heterocycles. The highest BCUT2D eigenvalue weighted by atomic mass is 79.9. The molecule has 0 fully saturated rings. The number of carbonyl (C=O) groups excluding carboxylic acids is 1. The number of rotatable bonds is 8. The van der Waals surface area contributed by atoms with Gasteiger partial charge in [0.1, 0.15) is 0 Å². The van der Waals surface area contributed by atoms with Gasteiger partial charge in [-0.05, 0) is 60.5 Å². The van der Waals surface area contributed by atoms with Gasteiger partial charge in [0.2, 0.25) is 15.9 Å². The van der Waals surface area contributed by atoms with E-state index in [0.29, 0.717) is 15.6 Å². The minimum absolute atomic E-state index is 0.0442. The monoisotopic (exact) mass is 554 g/mol. The molecule has 0 aliphatic heterocycles. The van der Waals surface area contributed by atoms with E-state index in [2.05, 4.69) is 21.2 Å². The molecule has 0 aliphatic carbocycles. The van der Waals surface area contributed by atoms with Crippen molar-refractivity contribution in [2.45, 2.75) is 24.4 Å². The molecule has 1 amide bonds. The Bertz CT molecular complexity index is 1190. The Hall–Kier alpha value is -1.90. The van der Waals surface area contributed by atoms with E-state index >= 15 is 0 Å². The molecular weight excluding hydrogens is 535 g/mol. The van der Waals surface area contributed by atoms with Crippen molar-refractivity contribution < 1.29 is 13.2 Å². The number of hydrogen-bond acceptors (Lipinski definition) is 3. The molecule has 0 aromatic heterocycles. The van der Waals surface area contributed by atoms with Crippen LogP contribution in [0.3, 0.4) is 0 Å². The first kappa shape index (κ1) is 24.7. The normalized spacial score (nSPS) is 12.5. The lowest BCUT2D eigenvalue weighted by molar-refractivity contribution is -0.122. The molecule has 3 aromatic carbocycles. The van der Waals surface area contributed by atoms with Gasteiger partial charge in [-0.3, -0.25) is 4.79 Å². The van der Waals surface area contributed by atoms with Crippen molar-refractivity contribution in [3.8, 4) is 0 Å². The zero-order valence-electron chi connectivity index (χ0n) is 17.1. The largest absolute Gasteiger partial charge is 0.348 e. The summed E-state index contributed by atoms with van der Waals surface area (Å²) in [5.41, 5.74) is 1.50. The minimum atomic E-state index is -3.98. The van der Waals surface area contributed by atoms with Gasteiger partial charge in [0.15, 0.2) is 0 Å². The second-order valence-electron chi connectivity index (χ2n) is 7.16. The summed E-state index contributed by atoms with van der Waals surface area (Å²) < 4.78 is 28.7. The van der Waals surface area contributed by atoms with Crippen molar-refractivity contribution >= 4 is 55.1 Å². The molecule has 5 nitrogen and oxygen atoms in total. The number of nitrogens with one attached hydrogen (secondary N) is 1. The predicted octanol–water partition coefficient (Wildman–Crippen LogP) is 5.82. The number of hydrogen-bond donors (Lipinski definition) is 1. The fourth-order valence-electron chi connectivity index (χ4n) is 3.08. The van der Waals surface area contributed by atoms with Crippen molar-refractivity contribution in [3.05, 3.63) is 98.4 Å². The van der Waals surface area contributed by atoms with Crippen LogP contribution in [0.15, 0.2) is 82.2 Å². The average molecular weight is 556 g/mol. The topological polar surface area (TPSA) is 66.5 Å². The van der Waals surface area contributed by atoms with Gasteiger partial charge < -0.3 is 5.32 Å².